The van der Waals surface area contributed by atoms with Gasteiger partial charge >= 0.3 is 0 Å². The van der Waals surface area contributed by atoms with Gasteiger partial charge in [-0.2, -0.15) is 8.78 Å². The topological polar surface area (TPSA) is 46.3 Å². The number of hydrogen-bond donors (Lipinski definition) is 1. The van der Waals surface area contributed by atoms with Gasteiger partial charge in [0.15, 0.2) is 6.04 Å². The maximum Gasteiger partial charge on any atom is 0.296 e. The monoisotopic (exact) mass is 434 g/mol. The normalized spacial score (nSPS) is 28.7. The second-order valence-corrected chi connectivity index (χ2v) is 8.06. The summed E-state index contributed by atoms with van der Waals surface area (Å²) in [5.74, 6) is -3.42. The summed E-state index contributed by atoms with van der Waals surface area (Å²) in [4.78, 5) is 14.3. The van der Waals surface area contributed by atoms with Crippen LogP contribution in [0.15, 0.2) is 24.3 Å². The third-order valence-electron chi connectivity index (χ3n) is 5.11. The lowest BCUT2D eigenvalue weighted by Gasteiger charge is -2.40. The summed E-state index contributed by atoms with van der Waals surface area (Å²) >= 11 is 2.05. The zero-order chi connectivity index (χ0) is 16.8. The molecule has 3 unspecified atom stereocenters. The SMILES string of the molecule is CC1CC2CCC(C1)N2C(=O)C(N)C(F)(F)c1ccc(I)cc1. The zero-order valence-electron chi connectivity index (χ0n) is 13.0. The van der Waals surface area contributed by atoms with Gasteiger partial charge in [-0.05, 0) is 66.3 Å². The van der Waals surface area contributed by atoms with Crippen LogP contribution in [0.1, 0.15) is 38.2 Å². The van der Waals surface area contributed by atoms with E-state index in [4.69, 9.17) is 5.73 Å². The molecular formula is C17H21F2IN2O. The number of nitrogens with zero attached hydrogens (tertiary/aromatic N) is 1. The zero-order valence-corrected chi connectivity index (χ0v) is 15.2. The van der Waals surface area contributed by atoms with E-state index in [2.05, 4.69) is 29.5 Å². The third-order valence-corrected chi connectivity index (χ3v) is 5.83. The van der Waals surface area contributed by atoms with E-state index in [0.717, 1.165) is 29.3 Å². The van der Waals surface area contributed by atoms with Crippen LogP contribution in [0.4, 0.5) is 8.78 Å². The van der Waals surface area contributed by atoms with Crippen LogP contribution in [0.2, 0.25) is 0 Å². The first kappa shape index (κ1) is 17.1. The lowest BCUT2D eigenvalue weighted by atomic mass is 9.91. The highest BCUT2D eigenvalue weighted by Crippen LogP contribution is 2.40. The molecule has 3 rings (SSSR count). The van der Waals surface area contributed by atoms with Gasteiger partial charge in [0.05, 0.1) is 0 Å². The van der Waals surface area contributed by atoms with Crippen molar-refractivity contribution in [3.05, 3.63) is 33.4 Å². The first-order chi connectivity index (χ1) is 10.8. The first-order valence-corrected chi connectivity index (χ1v) is 9.10. The van der Waals surface area contributed by atoms with E-state index < -0.39 is 17.9 Å². The maximum absolute atomic E-state index is 14.7. The molecule has 1 aromatic rings. The van der Waals surface area contributed by atoms with Crippen molar-refractivity contribution < 1.29 is 13.6 Å². The molecule has 126 valence electrons. The van der Waals surface area contributed by atoms with Crippen LogP contribution < -0.4 is 5.73 Å². The van der Waals surface area contributed by atoms with Crippen molar-refractivity contribution in [2.24, 2.45) is 11.7 Å². The van der Waals surface area contributed by atoms with Crippen molar-refractivity contribution in [3.8, 4) is 0 Å². The molecular weight excluding hydrogens is 413 g/mol. The number of halogens is 3. The number of fused-ring (bicyclic) bond motifs is 2. The van der Waals surface area contributed by atoms with Gasteiger partial charge in [0.2, 0.25) is 5.91 Å². The van der Waals surface area contributed by atoms with Crippen LogP contribution in [0.3, 0.4) is 0 Å². The summed E-state index contributed by atoms with van der Waals surface area (Å²) in [6, 6.07) is 4.24. The molecule has 0 aliphatic carbocycles. The van der Waals surface area contributed by atoms with Crippen LogP contribution in [0.25, 0.3) is 0 Å². The van der Waals surface area contributed by atoms with E-state index >= 15 is 0 Å². The van der Waals surface area contributed by atoms with E-state index in [0.29, 0.717) is 5.92 Å². The summed E-state index contributed by atoms with van der Waals surface area (Å²) in [7, 11) is 0. The van der Waals surface area contributed by atoms with E-state index in [9.17, 15) is 13.6 Å². The third kappa shape index (κ3) is 3.12. The molecule has 1 amide bonds. The van der Waals surface area contributed by atoms with Crippen LogP contribution in [0, 0.1) is 9.49 Å². The molecule has 2 fully saturated rings. The Kier molecular flexibility index (Phi) is 4.66. The predicted octanol–water partition coefficient (Wildman–Crippen LogP) is 3.50. The molecule has 1 aromatic carbocycles. The van der Waals surface area contributed by atoms with Crippen molar-refractivity contribution in [3.63, 3.8) is 0 Å². The lowest BCUT2D eigenvalue weighted by Crippen LogP contribution is -2.57. The van der Waals surface area contributed by atoms with Crippen molar-refractivity contribution in [1.29, 1.82) is 0 Å². The van der Waals surface area contributed by atoms with Gasteiger partial charge in [-0.15, -0.1) is 0 Å². The predicted molar refractivity (Wildman–Crippen MR) is 93.1 cm³/mol. The summed E-state index contributed by atoms with van der Waals surface area (Å²) in [6.07, 6.45) is 3.60. The van der Waals surface area contributed by atoms with Gasteiger partial charge in [0.1, 0.15) is 0 Å². The molecule has 23 heavy (non-hydrogen) atoms. The molecule has 3 nitrogen and oxygen atoms in total. The van der Waals surface area contributed by atoms with Crippen molar-refractivity contribution >= 4 is 28.5 Å². The molecule has 3 atom stereocenters. The second-order valence-electron chi connectivity index (χ2n) is 6.81. The van der Waals surface area contributed by atoms with Crippen molar-refractivity contribution in [1.82, 2.24) is 4.90 Å². The second kappa shape index (κ2) is 6.27. The molecule has 0 radical (unpaired) electrons. The summed E-state index contributed by atoms with van der Waals surface area (Å²) in [6.45, 7) is 2.16. The fourth-order valence-electron chi connectivity index (χ4n) is 3.98. The first-order valence-electron chi connectivity index (χ1n) is 8.02. The molecule has 0 saturated carbocycles. The molecule has 0 spiro atoms. The average Bonchev–Trinajstić information content (AvgIpc) is 2.78. The van der Waals surface area contributed by atoms with Crippen LogP contribution in [-0.2, 0) is 10.7 Å². The van der Waals surface area contributed by atoms with Crippen LogP contribution in [-0.4, -0.2) is 28.9 Å². The number of hydrogen-bond acceptors (Lipinski definition) is 2. The quantitative estimate of drug-likeness (QED) is 0.741. The van der Waals surface area contributed by atoms with E-state index in [1.165, 1.54) is 12.1 Å². The van der Waals surface area contributed by atoms with Gasteiger partial charge in [0.25, 0.3) is 5.92 Å². The Hall–Kier alpha value is -0.760. The van der Waals surface area contributed by atoms with Gasteiger partial charge < -0.3 is 10.6 Å². The van der Waals surface area contributed by atoms with Gasteiger partial charge in [-0.1, -0.05) is 19.1 Å². The summed E-state index contributed by atoms with van der Waals surface area (Å²) in [5, 5.41) is 0. The number of carbonyl (C=O) groups is 1. The number of rotatable bonds is 3. The van der Waals surface area contributed by atoms with Gasteiger partial charge in [-0.25, -0.2) is 0 Å². The van der Waals surface area contributed by atoms with Gasteiger partial charge in [-0.3, -0.25) is 4.79 Å². The number of nitrogens with two attached hydrogens (primary N) is 1. The average molecular weight is 434 g/mol. The Morgan fingerprint density at radius 3 is 2.30 bits per heavy atom. The molecule has 2 saturated heterocycles. The lowest BCUT2D eigenvalue weighted by molar-refractivity contribution is -0.148. The van der Waals surface area contributed by atoms with E-state index in [1.807, 2.05) is 0 Å². The van der Waals surface area contributed by atoms with Gasteiger partial charge in [0, 0.05) is 21.2 Å². The minimum absolute atomic E-state index is 0.0785. The Bertz CT molecular complexity index is 579. The van der Waals surface area contributed by atoms with E-state index in [1.54, 1.807) is 17.0 Å². The number of benzene rings is 1. The largest absolute Gasteiger partial charge is 0.335 e. The molecule has 2 bridgehead atoms. The standard InChI is InChI=1S/C17H21F2IN2O/c1-10-8-13-6-7-14(9-10)22(13)16(23)15(21)17(18,19)11-2-4-12(20)5-3-11/h2-5,10,13-15H,6-9,21H2,1H3. The molecule has 2 aliphatic heterocycles. The molecule has 2 heterocycles. The number of amides is 1. The molecule has 2 N–H and O–H groups in total. The molecule has 6 heteroatoms. The minimum Gasteiger partial charge on any atom is -0.335 e. The highest BCUT2D eigenvalue weighted by molar-refractivity contribution is 14.1. The number of alkyl halides is 2. The maximum atomic E-state index is 14.7. The Labute approximate surface area is 148 Å². The Balaban J connectivity index is 1.80. The fourth-order valence-corrected chi connectivity index (χ4v) is 4.34. The summed E-state index contributed by atoms with van der Waals surface area (Å²) in [5.41, 5.74) is 5.54. The highest BCUT2D eigenvalue weighted by atomic mass is 127. The number of piperidine rings is 1. The Morgan fingerprint density at radius 2 is 1.78 bits per heavy atom. The smallest absolute Gasteiger partial charge is 0.296 e. The van der Waals surface area contributed by atoms with Crippen LogP contribution >= 0.6 is 22.6 Å². The van der Waals surface area contributed by atoms with E-state index in [-0.39, 0.29) is 17.6 Å². The fraction of sp³-hybridized carbons (Fsp3) is 0.588. The van der Waals surface area contributed by atoms with Crippen LogP contribution in [0.5, 0.6) is 0 Å². The minimum atomic E-state index is -3.36. The summed E-state index contributed by atoms with van der Waals surface area (Å²) < 4.78 is 30.2. The van der Waals surface area contributed by atoms with Crippen molar-refractivity contribution in [2.45, 2.75) is 56.7 Å². The number of carbonyl (C=O) groups excluding carboxylic acids is 1. The molecule has 0 aromatic heterocycles. The highest BCUT2D eigenvalue weighted by Gasteiger charge is 2.50. The van der Waals surface area contributed by atoms with Crippen molar-refractivity contribution in [2.75, 3.05) is 0 Å². The molecule has 2 aliphatic rings. The Morgan fingerprint density at radius 1 is 1.26 bits per heavy atom.